The van der Waals surface area contributed by atoms with Crippen LogP contribution in [0.2, 0.25) is 0 Å². The molecule has 4 heteroatoms. The largest absolute Gasteiger partial charge is 0.359 e. The summed E-state index contributed by atoms with van der Waals surface area (Å²) in [5, 5.41) is 3.67. The maximum atomic E-state index is 13.6. The average molecular weight is 314 g/mol. The van der Waals surface area contributed by atoms with Crippen LogP contribution < -0.4 is 5.32 Å². The summed E-state index contributed by atoms with van der Waals surface area (Å²) in [5.41, 5.74) is 2.05. The van der Waals surface area contributed by atoms with E-state index < -0.39 is 0 Å². The Labute approximate surface area is 136 Å². The number of benzene rings is 1. The number of halogens is 1. The normalized spacial score (nSPS) is 22.7. The van der Waals surface area contributed by atoms with Crippen LogP contribution >= 0.6 is 0 Å². The van der Waals surface area contributed by atoms with Crippen molar-refractivity contribution in [2.24, 2.45) is 11.8 Å². The van der Waals surface area contributed by atoms with Crippen LogP contribution in [0.25, 0.3) is 10.9 Å². The molecule has 1 unspecified atom stereocenters. The van der Waals surface area contributed by atoms with E-state index in [2.05, 4.69) is 10.3 Å². The van der Waals surface area contributed by atoms with Crippen molar-refractivity contribution in [1.82, 2.24) is 10.3 Å². The number of aromatic nitrogens is 1. The van der Waals surface area contributed by atoms with Gasteiger partial charge in [-0.2, -0.15) is 0 Å². The smallest absolute Gasteiger partial charge is 0.222 e. The van der Waals surface area contributed by atoms with Crippen molar-refractivity contribution in [2.75, 3.05) is 7.05 Å². The Morgan fingerprint density at radius 1 is 1.26 bits per heavy atom. The zero-order valence-electron chi connectivity index (χ0n) is 13.7. The van der Waals surface area contributed by atoms with Crippen LogP contribution in [0.1, 0.15) is 44.1 Å². The van der Waals surface area contributed by atoms with Gasteiger partial charge in [0.05, 0.1) is 5.52 Å². The molecule has 0 saturated heterocycles. The van der Waals surface area contributed by atoms with E-state index in [1.54, 1.807) is 19.2 Å². The molecule has 0 aliphatic heterocycles. The topological polar surface area (TPSA) is 42.0 Å². The van der Waals surface area contributed by atoms with E-state index in [-0.39, 0.29) is 17.6 Å². The Balaban J connectivity index is 1.78. The second-order valence-electron chi connectivity index (χ2n) is 6.58. The summed E-state index contributed by atoms with van der Waals surface area (Å²) in [7, 11) is 1.70. The van der Waals surface area contributed by atoms with Crippen molar-refractivity contribution in [1.29, 1.82) is 0 Å². The van der Waals surface area contributed by atoms with Crippen LogP contribution in [0.15, 0.2) is 30.5 Å². The van der Waals surface area contributed by atoms with Crippen LogP contribution in [0.3, 0.4) is 0 Å². The number of nitrogens with zero attached hydrogens (tertiary/aromatic N) is 1. The predicted molar refractivity (Wildman–Crippen MR) is 89.6 cm³/mol. The van der Waals surface area contributed by atoms with Crippen LogP contribution in [-0.2, 0) is 4.79 Å². The molecule has 122 valence electrons. The molecular weight excluding hydrogens is 291 g/mol. The van der Waals surface area contributed by atoms with Gasteiger partial charge in [0.2, 0.25) is 5.91 Å². The number of carbonyl (C=O) groups excluding carboxylic acids is 1. The molecular formula is C19H23FN2O. The van der Waals surface area contributed by atoms with Crippen molar-refractivity contribution < 1.29 is 9.18 Å². The molecule has 3 rings (SSSR count). The molecule has 1 aliphatic carbocycles. The number of hydrogen-bond donors (Lipinski definition) is 1. The van der Waals surface area contributed by atoms with Crippen LogP contribution in [0.5, 0.6) is 0 Å². The number of pyridine rings is 1. The van der Waals surface area contributed by atoms with E-state index >= 15 is 0 Å². The van der Waals surface area contributed by atoms with Crippen LogP contribution in [0, 0.1) is 17.7 Å². The van der Waals surface area contributed by atoms with Gasteiger partial charge in [-0.15, -0.1) is 0 Å². The minimum atomic E-state index is -0.214. The van der Waals surface area contributed by atoms with Gasteiger partial charge in [0.25, 0.3) is 0 Å². The Hall–Kier alpha value is -1.97. The maximum absolute atomic E-state index is 13.6. The second kappa shape index (κ2) is 6.65. The molecule has 1 atom stereocenters. The van der Waals surface area contributed by atoms with E-state index in [1.807, 2.05) is 19.2 Å². The lowest BCUT2D eigenvalue weighted by molar-refractivity contribution is -0.126. The Kier molecular flexibility index (Phi) is 4.60. The minimum absolute atomic E-state index is 0.0626. The van der Waals surface area contributed by atoms with Gasteiger partial charge in [0, 0.05) is 24.5 Å². The Morgan fingerprint density at radius 2 is 2.00 bits per heavy atom. The third kappa shape index (κ3) is 3.21. The lowest BCUT2D eigenvalue weighted by Crippen LogP contribution is -2.32. The van der Waals surface area contributed by atoms with Crippen molar-refractivity contribution in [3.63, 3.8) is 0 Å². The number of nitrogens with one attached hydrogen (secondary N) is 1. The van der Waals surface area contributed by atoms with E-state index in [1.165, 1.54) is 11.6 Å². The molecule has 1 aliphatic rings. The predicted octanol–water partition coefficient (Wildman–Crippen LogP) is 4.03. The van der Waals surface area contributed by atoms with Gasteiger partial charge < -0.3 is 5.32 Å². The van der Waals surface area contributed by atoms with Gasteiger partial charge >= 0.3 is 0 Å². The van der Waals surface area contributed by atoms with E-state index in [4.69, 9.17) is 0 Å². The summed E-state index contributed by atoms with van der Waals surface area (Å²) in [6.45, 7) is 2.01. The highest BCUT2D eigenvalue weighted by Crippen LogP contribution is 2.40. The number of carbonyl (C=O) groups is 1. The highest BCUT2D eigenvalue weighted by molar-refractivity contribution is 5.82. The molecule has 0 bridgehead atoms. The van der Waals surface area contributed by atoms with Crippen molar-refractivity contribution in [2.45, 2.75) is 38.5 Å². The molecule has 1 N–H and O–H groups in total. The summed E-state index contributed by atoms with van der Waals surface area (Å²) in [6.07, 6.45) is 5.98. The Bertz CT molecular complexity index is 708. The number of hydrogen-bond acceptors (Lipinski definition) is 2. The van der Waals surface area contributed by atoms with Crippen molar-refractivity contribution >= 4 is 16.8 Å². The number of fused-ring (bicyclic) bond motifs is 1. The van der Waals surface area contributed by atoms with Gasteiger partial charge in [0.1, 0.15) is 5.82 Å². The van der Waals surface area contributed by atoms with Crippen molar-refractivity contribution in [3.05, 3.63) is 41.8 Å². The standard InChI is InChI=1S/C19H23FN2O/c1-12(19(23)21-2)13-3-5-14(6-4-13)16-9-10-22-18-8-7-15(20)11-17(16)18/h7-14H,3-6H2,1-2H3,(H,21,23). The van der Waals surface area contributed by atoms with Gasteiger partial charge in [-0.25, -0.2) is 4.39 Å². The summed E-state index contributed by atoms with van der Waals surface area (Å²) in [5.74, 6) is 0.845. The lowest BCUT2D eigenvalue weighted by Gasteiger charge is -2.32. The molecule has 1 saturated carbocycles. The van der Waals surface area contributed by atoms with Crippen LogP contribution in [0.4, 0.5) is 4.39 Å². The number of rotatable bonds is 3. The first-order valence-corrected chi connectivity index (χ1v) is 8.36. The zero-order valence-corrected chi connectivity index (χ0v) is 13.7. The van der Waals surface area contributed by atoms with Crippen molar-refractivity contribution in [3.8, 4) is 0 Å². The molecule has 3 nitrogen and oxygen atoms in total. The van der Waals surface area contributed by atoms with E-state index in [9.17, 15) is 9.18 Å². The summed E-state index contributed by atoms with van der Waals surface area (Å²) >= 11 is 0. The fourth-order valence-electron chi connectivity index (χ4n) is 3.87. The lowest BCUT2D eigenvalue weighted by atomic mass is 9.73. The first-order chi connectivity index (χ1) is 11.1. The fourth-order valence-corrected chi connectivity index (χ4v) is 3.87. The third-order valence-corrected chi connectivity index (χ3v) is 5.32. The summed E-state index contributed by atoms with van der Waals surface area (Å²) in [4.78, 5) is 16.1. The molecule has 1 aromatic heterocycles. The highest BCUT2D eigenvalue weighted by Gasteiger charge is 2.29. The molecule has 0 spiro atoms. The SMILES string of the molecule is CNC(=O)C(C)C1CCC(c2ccnc3ccc(F)cc23)CC1. The van der Waals surface area contributed by atoms with E-state index in [0.717, 1.165) is 36.6 Å². The van der Waals surface area contributed by atoms with Gasteiger partial charge in [-0.05, 0) is 67.3 Å². The molecule has 2 aromatic rings. The second-order valence-corrected chi connectivity index (χ2v) is 6.58. The van der Waals surface area contributed by atoms with Crippen LogP contribution in [-0.4, -0.2) is 17.9 Å². The summed E-state index contributed by atoms with van der Waals surface area (Å²) in [6, 6.07) is 6.82. The minimum Gasteiger partial charge on any atom is -0.359 e. The molecule has 23 heavy (non-hydrogen) atoms. The summed E-state index contributed by atoms with van der Waals surface area (Å²) < 4.78 is 13.6. The van der Waals surface area contributed by atoms with Gasteiger partial charge in [0.15, 0.2) is 0 Å². The van der Waals surface area contributed by atoms with Gasteiger partial charge in [-0.3, -0.25) is 9.78 Å². The molecule has 1 aromatic carbocycles. The number of amides is 1. The first-order valence-electron chi connectivity index (χ1n) is 8.36. The van der Waals surface area contributed by atoms with Gasteiger partial charge in [-0.1, -0.05) is 6.92 Å². The highest BCUT2D eigenvalue weighted by atomic mass is 19.1. The third-order valence-electron chi connectivity index (χ3n) is 5.32. The molecule has 1 fully saturated rings. The molecule has 0 radical (unpaired) electrons. The first kappa shape index (κ1) is 15.9. The van der Waals surface area contributed by atoms with E-state index in [0.29, 0.717) is 11.8 Å². The zero-order chi connectivity index (χ0) is 16.4. The molecule has 1 amide bonds. The monoisotopic (exact) mass is 314 g/mol. The Morgan fingerprint density at radius 3 is 2.70 bits per heavy atom. The quantitative estimate of drug-likeness (QED) is 0.929. The maximum Gasteiger partial charge on any atom is 0.222 e. The molecule has 1 heterocycles. The average Bonchev–Trinajstić information content (AvgIpc) is 2.60. The fraction of sp³-hybridized carbons (Fsp3) is 0.474.